The SMILES string of the molecule is CCCCCC(=O)N1CCCC1C(=O)N1CCC[C@H]1C(=O)NCC(=O)N[C@@H](Cc1ccc(O)cc1)C(=O)O. The Hall–Kier alpha value is -3.63. The number of nitrogens with one attached hydrogen (secondary N) is 2. The summed E-state index contributed by atoms with van der Waals surface area (Å²) < 4.78 is 0. The molecule has 0 radical (unpaired) electrons. The molecule has 2 saturated heterocycles. The number of phenols is 1. The fraction of sp³-hybridized carbons (Fsp3) is 0.593. The molecule has 1 unspecified atom stereocenters. The fourth-order valence-corrected chi connectivity index (χ4v) is 5.08. The Labute approximate surface area is 222 Å². The molecule has 3 atom stereocenters. The van der Waals surface area contributed by atoms with Crippen LogP contribution in [0.5, 0.6) is 5.75 Å². The van der Waals surface area contributed by atoms with Gasteiger partial charge in [-0.2, -0.15) is 0 Å². The van der Waals surface area contributed by atoms with Gasteiger partial charge in [0.25, 0.3) is 0 Å². The number of likely N-dealkylation sites (tertiary alicyclic amines) is 2. The molecule has 0 saturated carbocycles. The average Bonchev–Trinajstić information content (AvgIpc) is 3.58. The fourth-order valence-electron chi connectivity index (χ4n) is 5.08. The number of hydrogen-bond donors (Lipinski definition) is 4. The van der Waals surface area contributed by atoms with Crippen LogP contribution in [0, 0.1) is 0 Å². The number of benzene rings is 1. The predicted octanol–water partition coefficient (Wildman–Crippen LogP) is 1.18. The molecule has 2 fully saturated rings. The van der Waals surface area contributed by atoms with Crippen molar-refractivity contribution in [2.24, 2.45) is 0 Å². The highest BCUT2D eigenvalue weighted by molar-refractivity contribution is 5.94. The van der Waals surface area contributed by atoms with Crippen LogP contribution in [-0.2, 0) is 30.4 Å². The molecule has 0 aliphatic carbocycles. The minimum Gasteiger partial charge on any atom is -0.508 e. The van der Waals surface area contributed by atoms with E-state index in [1.165, 1.54) is 17.0 Å². The summed E-state index contributed by atoms with van der Waals surface area (Å²) >= 11 is 0. The lowest BCUT2D eigenvalue weighted by atomic mass is 10.1. The first-order valence-electron chi connectivity index (χ1n) is 13.4. The number of nitrogens with zero attached hydrogens (tertiary/aromatic N) is 2. The molecule has 4 N–H and O–H groups in total. The Morgan fingerprint density at radius 2 is 1.63 bits per heavy atom. The number of amides is 4. The van der Waals surface area contributed by atoms with E-state index >= 15 is 0 Å². The maximum Gasteiger partial charge on any atom is 0.326 e. The molecule has 0 aromatic heterocycles. The van der Waals surface area contributed by atoms with Crippen LogP contribution in [0.15, 0.2) is 24.3 Å². The van der Waals surface area contributed by atoms with Crippen LogP contribution in [0.4, 0.5) is 0 Å². The zero-order valence-electron chi connectivity index (χ0n) is 21.9. The van der Waals surface area contributed by atoms with Crippen molar-refractivity contribution in [3.05, 3.63) is 29.8 Å². The summed E-state index contributed by atoms with van der Waals surface area (Å²) in [7, 11) is 0. The largest absolute Gasteiger partial charge is 0.508 e. The molecule has 0 bridgehead atoms. The van der Waals surface area contributed by atoms with Crippen molar-refractivity contribution in [1.29, 1.82) is 0 Å². The highest BCUT2D eigenvalue weighted by atomic mass is 16.4. The predicted molar refractivity (Wildman–Crippen MR) is 138 cm³/mol. The number of carboxylic acid groups (broad SMARTS) is 1. The minimum atomic E-state index is -1.23. The monoisotopic (exact) mass is 530 g/mol. The van der Waals surface area contributed by atoms with Crippen molar-refractivity contribution in [2.75, 3.05) is 19.6 Å². The summed E-state index contributed by atoms with van der Waals surface area (Å²) in [6.07, 6.45) is 5.60. The van der Waals surface area contributed by atoms with Gasteiger partial charge in [-0.25, -0.2) is 4.79 Å². The van der Waals surface area contributed by atoms with Gasteiger partial charge in [0, 0.05) is 25.9 Å². The lowest BCUT2D eigenvalue weighted by molar-refractivity contribution is -0.146. The van der Waals surface area contributed by atoms with E-state index in [1.807, 2.05) is 0 Å². The number of aromatic hydroxyl groups is 1. The zero-order valence-corrected chi connectivity index (χ0v) is 21.9. The second kappa shape index (κ2) is 13.8. The van der Waals surface area contributed by atoms with Crippen molar-refractivity contribution in [2.45, 2.75) is 82.8 Å². The molecular formula is C27H38N4O7. The summed E-state index contributed by atoms with van der Waals surface area (Å²) in [5, 5.41) is 23.8. The van der Waals surface area contributed by atoms with Crippen molar-refractivity contribution < 1.29 is 34.2 Å². The highest BCUT2D eigenvalue weighted by Gasteiger charge is 2.41. The first-order valence-corrected chi connectivity index (χ1v) is 13.4. The topological polar surface area (TPSA) is 156 Å². The number of unbranched alkanes of at least 4 members (excludes halogenated alkanes) is 2. The zero-order chi connectivity index (χ0) is 27.7. The average molecular weight is 531 g/mol. The van der Waals surface area contributed by atoms with Gasteiger partial charge in [-0.15, -0.1) is 0 Å². The first kappa shape index (κ1) is 28.9. The lowest BCUT2D eigenvalue weighted by Gasteiger charge is -2.31. The number of phenolic OH excluding ortho intramolecular Hbond substituents is 1. The molecular weight excluding hydrogens is 492 g/mol. The van der Waals surface area contributed by atoms with Crippen molar-refractivity contribution in [1.82, 2.24) is 20.4 Å². The van der Waals surface area contributed by atoms with Gasteiger partial charge in [0.1, 0.15) is 23.9 Å². The van der Waals surface area contributed by atoms with Crippen molar-refractivity contribution in [3.63, 3.8) is 0 Å². The number of carbonyl (C=O) groups is 5. The van der Waals surface area contributed by atoms with E-state index in [0.717, 1.165) is 25.7 Å². The second-order valence-electron chi connectivity index (χ2n) is 9.94. The Balaban J connectivity index is 1.52. The Morgan fingerprint density at radius 1 is 0.974 bits per heavy atom. The van der Waals surface area contributed by atoms with Gasteiger partial charge in [-0.1, -0.05) is 31.9 Å². The van der Waals surface area contributed by atoms with Gasteiger partial charge in [-0.05, 0) is 49.8 Å². The van der Waals surface area contributed by atoms with Crippen molar-refractivity contribution in [3.8, 4) is 5.75 Å². The van der Waals surface area contributed by atoms with E-state index < -0.39 is 42.5 Å². The number of carboxylic acids is 1. The third kappa shape index (κ3) is 7.69. The van der Waals surface area contributed by atoms with E-state index in [1.54, 1.807) is 17.0 Å². The summed E-state index contributed by atoms with van der Waals surface area (Å²) in [6.45, 7) is 2.59. The molecule has 208 valence electrons. The van der Waals surface area contributed by atoms with Gasteiger partial charge < -0.3 is 30.6 Å². The molecule has 2 aliphatic heterocycles. The Morgan fingerprint density at radius 3 is 2.29 bits per heavy atom. The third-order valence-electron chi connectivity index (χ3n) is 7.12. The van der Waals surface area contributed by atoms with Gasteiger partial charge >= 0.3 is 5.97 Å². The smallest absolute Gasteiger partial charge is 0.326 e. The standard InChI is InChI=1S/C27H38N4O7/c1-2-3-4-9-24(34)30-14-6-8-22(30)26(36)31-15-5-7-21(31)25(35)28-17-23(33)29-20(27(37)38)16-18-10-12-19(32)13-11-18/h10-13,20-22,32H,2-9,14-17H2,1H3,(H,28,35)(H,29,33)(H,37,38)/t20-,21-,22?/m0/s1. The summed E-state index contributed by atoms with van der Waals surface area (Å²) in [5.41, 5.74) is 0.615. The van der Waals surface area contributed by atoms with Crippen LogP contribution < -0.4 is 10.6 Å². The van der Waals surface area contributed by atoms with Crippen LogP contribution in [0.3, 0.4) is 0 Å². The Kier molecular flexibility index (Phi) is 10.5. The molecule has 4 amide bonds. The van der Waals surface area contributed by atoms with Crippen LogP contribution in [0.2, 0.25) is 0 Å². The van der Waals surface area contributed by atoms with E-state index in [4.69, 9.17) is 0 Å². The van der Waals surface area contributed by atoms with Gasteiger partial charge in [0.2, 0.25) is 23.6 Å². The lowest BCUT2D eigenvalue weighted by Crippen LogP contribution is -2.54. The number of aliphatic carboxylic acids is 1. The molecule has 0 spiro atoms. The van der Waals surface area contributed by atoms with E-state index in [9.17, 15) is 34.2 Å². The van der Waals surface area contributed by atoms with Gasteiger partial charge in [0.15, 0.2) is 0 Å². The summed E-state index contributed by atoms with van der Waals surface area (Å²) in [4.78, 5) is 66.2. The summed E-state index contributed by atoms with van der Waals surface area (Å²) in [5.74, 6) is -2.57. The molecule has 11 heteroatoms. The molecule has 3 rings (SSSR count). The second-order valence-corrected chi connectivity index (χ2v) is 9.94. The minimum absolute atomic E-state index is 0.00918. The Bertz CT molecular complexity index is 1010. The first-order chi connectivity index (χ1) is 18.2. The maximum atomic E-state index is 13.4. The maximum absolute atomic E-state index is 13.4. The van der Waals surface area contributed by atoms with Crippen LogP contribution >= 0.6 is 0 Å². The molecule has 1 aromatic rings. The van der Waals surface area contributed by atoms with E-state index in [2.05, 4.69) is 17.6 Å². The van der Waals surface area contributed by atoms with Crippen LogP contribution in [0.25, 0.3) is 0 Å². The van der Waals surface area contributed by atoms with Gasteiger partial charge in [-0.3, -0.25) is 19.2 Å². The molecule has 2 aliphatic rings. The van der Waals surface area contributed by atoms with E-state index in [-0.39, 0.29) is 24.0 Å². The van der Waals surface area contributed by atoms with E-state index in [0.29, 0.717) is 44.3 Å². The highest BCUT2D eigenvalue weighted by Crippen LogP contribution is 2.26. The van der Waals surface area contributed by atoms with Crippen LogP contribution in [-0.4, -0.2) is 87.4 Å². The van der Waals surface area contributed by atoms with Crippen LogP contribution in [0.1, 0.15) is 63.9 Å². The number of hydrogen-bond acceptors (Lipinski definition) is 6. The quantitative estimate of drug-likeness (QED) is 0.296. The molecule has 11 nitrogen and oxygen atoms in total. The number of rotatable bonds is 12. The molecule has 2 heterocycles. The molecule has 1 aromatic carbocycles. The molecule has 38 heavy (non-hydrogen) atoms. The third-order valence-corrected chi connectivity index (χ3v) is 7.12. The summed E-state index contributed by atoms with van der Waals surface area (Å²) in [6, 6.07) is 3.48. The van der Waals surface area contributed by atoms with Crippen molar-refractivity contribution >= 4 is 29.6 Å². The van der Waals surface area contributed by atoms with Gasteiger partial charge in [0.05, 0.1) is 6.54 Å². The normalized spacial score (nSPS) is 19.7. The number of carbonyl (C=O) groups excluding carboxylic acids is 4.